The zero-order valence-corrected chi connectivity index (χ0v) is 9.63. The third-order valence-corrected chi connectivity index (χ3v) is 2.43. The van der Waals surface area contributed by atoms with E-state index in [1.54, 1.807) is 0 Å². The highest BCUT2D eigenvalue weighted by molar-refractivity contribution is 5.29. The van der Waals surface area contributed by atoms with Gasteiger partial charge < -0.3 is 10.5 Å². The predicted octanol–water partition coefficient (Wildman–Crippen LogP) is 3.21. The van der Waals surface area contributed by atoms with Gasteiger partial charge in [-0.15, -0.1) is 0 Å². The van der Waals surface area contributed by atoms with Crippen molar-refractivity contribution in [3.63, 3.8) is 0 Å². The van der Waals surface area contributed by atoms with Gasteiger partial charge in [0, 0.05) is 0 Å². The summed E-state index contributed by atoms with van der Waals surface area (Å²) in [6.45, 7) is 2.45. The van der Waals surface area contributed by atoms with E-state index in [0.29, 0.717) is 18.7 Å². The number of benzene rings is 1. The fourth-order valence-electron chi connectivity index (χ4n) is 1.45. The third-order valence-electron chi connectivity index (χ3n) is 2.43. The smallest absolute Gasteiger partial charge is 0.416 e. The molecule has 0 saturated carbocycles. The lowest BCUT2D eigenvalue weighted by molar-refractivity contribution is -0.137. The Hall–Kier alpha value is -1.23. The van der Waals surface area contributed by atoms with Gasteiger partial charge in [-0.3, -0.25) is 0 Å². The molecule has 0 spiro atoms. The van der Waals surface area contributed by atoms with Crippen molar-refractivity contribution in [2.24, 2.45) is 5.73 Å². The summed E-state index contributed by atoms with van der Waals surface area (Å²) in [6, 6.07) is 4.71. The highest BCUT2D eigenvalue weighted by Crippen LogP contribution is 2.30. The van der Waals surface area contributed by atoms with E-state index in [9.17, 15) is 13.2 Å². The van der Waals surface area contributed by atoms with Crippen molar-refractivity contribution in [2.45, 2.75) is 32.0 Å². The Labute approximate surface area is 98.6 Å². The molecule has 0 aromatic heterocycles. The van der Waals surface area contributed by atoms with Crippen LogP contribution in [0.2, 0.25) is 0 Å². The standard InChI is InChI=1S/C12H16F3NO/c1-2-10(7-8-16)17-11-5-3-9(4-6-11)12(13,14)15/h3-6,10H,2,7-8,16H2,1H3. The molecule has 1 atom stereocenters. The van der Waals surface area contributed by atoms with Crippen molar-refractivity contribution >= 4 is 0 Å². The quantitative estimate of drug-likeness (QED) is 0.867. The number of halogens is 3. The van der Waals surface area contributed by atoms with Gasteiger partial charge in [0.05, 0.1) is 11.7 Å². The molecule has 0 fully saturated rings. The fraction of sp³-hybridized carbons (Fsp3) is 0.500. The summed E-state index contributed by atoms with van der Waals surface area (Å²) in [4.78, 5) is 0. The zero-order valence-electron chi connectivity index (χ0n) is 9.63. The Morgan fingerprint density at radius 2 is 1.82 bits per heavy atom. The molecule has 2 nitrogen and oxygen atoms in total. The minimum atomic E-state index is -4.31. The molecule has 1 aromatic carbocycles. The molecular weight excluding hydrogens is 231 g/mol. The number of hydrogen-bond donors (Lipinski definition) is 1. The molecule has 96 valence electrons. The Morgan fingerprint density at radius 1 is 1.24 bits per heavy atom. The molecule has 0 bridgehead atoms. The summed E-state index contributed by atoms with van der Waals surface area (Å²) in [5, 5.41) is 0. The number of alkyl halides is 3. The summed E-state index contributed by atoms with van der Waals surface area (Å²) in [7, 11) is 0. The van der Waals surface area contributed by atoms with E-state index >= 15 is 0 Å². The maximum absolute atomic E-state index is 12.3. The first-order valence-corrected chi connectivity index (χ1v) is 5.51. The molecule has 2 N–H and O–H groups in total. The van der Waals surface area contributed by atoms with Crippen LogP contribution in [-0.4, -0.2) is 12.6 Å². The number of hydrogen-bond acceptors (Lipinski definition) is 2. The van der Waals surface area contributed by atoms with Crippen LogP contribution in [0.25, 0.3) is 0 Å². The monoisotopic (exact) mass is 247 g/mol. The van der Waals surface area contributed by atoms with E-state index < -0.39 is 11.7 Å². The van der Waals surface area contributed by atoms with Gasteiger partial charge in [-0.1, -0.05) is 6.92 Å². The van der Waals surface area contributed by atoms with Crippen LogP contribution in [-0.2, 0) is 6.18 Å². The van der Waals surface area contributed by atoms with Gasteiger partial charge in [0.2, 0.25) is 0 Å². The van der Waals surface area contributed by atoms with Gasteiger partial charge in [-0.2, -0.15) is 13.2 Å². The summed E-state index contributed by atoms with van der Waals surface area (Å²) < 4.78 is 42.5. The molecule has 0 amide bonds. The molecule has 0 heterocycles. The van der Waals surface area contributed by atoms with Crippen LogP contribution < -0.4 is 10.5 Å². The molecule has 1 unspecified atom stereocenters. The summed E-state index contributed by atoms with van der Waals surface area (Å²) in [5.74, 6) is 0.443. The highest BCUT2D eigenvalue weighted by Gasteiger charge is 2.30. The minimum absolute atomic E-state index is 0.0447. The van der Waals surface area contributed by atoms with Crippen molar-refractivity contribution in [2.75, 3.05) is 6.54 Å². The molecule has 0 radical (unpaired) electrons. The lowest BCUT2D eigenvalue weighted by Gasteiger charge is -2.17. The molecule has 5 heteroatoms. The Kier molecular flexibility index (Phi) is 4.81. The van der Waals surface area contributed by atoms with E-state index in [0.717, 1.165) is 18.6 Å². The van der Waals surface area contributed by atoms with Crippen LogP contribution in [0.3, 0.4) is 0 Å². The molecule has 1 rings (SSSR count). The third kappa shape index (κ3) is 4.26. The van der Waals surface area contributed by atoms with Crippen LogP contribution in [0.1, 0.15) is 25.3 Å². The average Bonchev–Trinajstić information content (AvgIpc) is 2.28. The van der Waals surface area contributed by atoms with Gasteiger partial charge in [-0.25, -0.2) is 0 Å². The average molecular weight is 247 g/mol. The summed E-state index contributed by atoms with van der Waals surface area (Å²) in [6.07, 6.45) is -2.88. The Morgan fingerprint density at radius 3 is 2.24 bits per heavy atom. The first-order chi connectivity index (χ1) is 7.97. The molecule has 17 heavy (non-hydrogen) atoms. The van der Waals surface area contributed by atoms with Gasteiger partial charge in [-0.05, 0) is 43.7 Å². The first kappa shape index (κ1) is 13.8. The zero-order chi connectivity index (χ0) is 12.9. The topological polar surface area (TPSA) is 35.2 Å². The Balaban J connectivity index is 2.68. The largest absolute Gasteiger partial charge is 0.490 e. The predicted molar refractivity (Wildman–Crippen MR) is 59.8 cm³/mol. The SMILES string of the molecule is CCC(CCN)Oc1ccc(C(F)(F)F)cc1. The lowest BCUT2D eigenvalue weighted by Crippen LogP contribution is -2.19. The van der Waals surface area contributed by atoms with Gasteiger partial charge >= 0.3 is 6.18 Å². The van der Waals surface area contributed by atoms with Crippen LogP contribution in [0.4, 0.5) is 13.2 Å². The molecule has 1 aromatic rings. The van der Waals surface area contributed by atoms with Crippen LogP contribution >= 0.6 is 0 Å². The van der Waals surface area contributed by atoms with E-state index in [1.165, 1.54) is 12.1 Å². The van der Waals surface area contributed by atoms with Crippen molar-refractivity contribution in [3.8, 4) is 5.75 Å². The molecule has 0 saturated heterocycles. The molecule has 0 aliphatic heterocycles. The van der Waals surface area contributed by atoms with E-state index in [1.807, 2.05) is 6.92 Å². The summed E-state index contributed by atoms with van der Waals surface area (Å²) in [5.41, 5.74) is 4.74. The highest BCUT2D eigenvalue weighted by atomic mass is 19.4. The minimum Gasteiger partial charge on any atom is -0.490 e. The van der Waals surface area contributed by atoms with Crippen molar-refractivity contribution in [1.29, 1.82) is 0 Å². The van der Waals surface area contributed by atoms with Gasteiger partial charge in [0.1, 0.15) is 5.75 Å². The number of rotatable bonds is 5. The second-order valence-corrected chi connectivity index (χ2v) is 3.75. The number of ether oxygens (including phenoxy) is 1. The van der Waals surface area contributed by atoms with Crippen molar-refractivity contribution < 1.29 is 17.9 Å². The van der Waals surface area contributed by atoms with E-state index in [-0.39, 0.29) is 6.10 Å². The first-order valence-electron chi connectivity index (χ1n) is 5.51. The second-order valence-electron chi connectivity index (χ2n) is 3.75. The molecular formula is C12H16F3NO. The normalized spacial score (nSPS) is 13.5. The second kappa shape index (κ2) is 5.91. The van der Waals surface area contributed by atoms with Gasteiger partial charge in [0.15, 0.2) is 0 Å². The lowest BCUT2D eigenvalue weighted by atomic mass is 10.2. The maximum atomic E-state index is 12.3. The van der Waals surface area contributed by atoms with E-state index in [4.69, 9.17) is 10.5 Å². The maximum Gasteiger partial charge on any atom is 0.416 e. The van der Waals surface area contributed by atoms with E-state index in [2.05, 4.69) is 0 Å². The van der Waals surface area contributed by atoms with Crippen molar-refractivity contribution in [3.05, 3.63) is 29.8 Å². The fourth-order valence-corrected chi connectivity index (χ4v) is 1.45. The Bertz CT molecular complexity index is 335. The summed E-state index contributed by atoms with van der Waals surface area (Å²) >= 11 is 0. The van der Waals surface area contributed by atoms with Crippen LogP contribution in [0.15, 0.2) is 24.3 Å². The number of nitrogens with two attached hydrogens (primary N) is 1. The van der Waals surface area contributed by atoms with Crippen molar-refractivity contribution in [1.82, 2.24) is 0 Å². The molecule has 0 aliphatic rings. The van der Waals surface area contributed by atoms with Crippen LogP contribution in [0, 0.1) is 0 Å². The van der Waals surface area contributed by atoms with Crippen LogP contribution in [0.5, 0.6) is 5.75 Å². The molecule has 0 aliphatic carbocycles. The van der Waals surface area contributed by atoms with Gasteiger partial charge in [0.25, 0.3) is 0 Å².